The summed E-state index contributed by atoms with van der Waals surface area (Å²) in [5, 5.41) is 6.52. The predicted octanol–water partition coefficient (Wildman–Crippen LogP) is 1.17. The van der Waals surface area contributed by atoms with Crippen LogP contribution in [-0.4, -0.2) is 42.2 Å². The van der Waals surface area contributed by atoms with Gasteiger partial charge in [0.15, 0.2) is 5.82 Å². The Kier molecular flexibility index (Phi) is 3.81. The Morgan fingerprint density at radius 2 is 2.17 bits per heavy atom. The van der Waals surface area contributed by atoms with Crippen LogP contribution in [-0.2, 0) is 11.3 Å². The first-order valence-electron chi connectivity index (χ1n) is 5.26. The second-order valence-corrected chi connectivity index (χ2v) is 3.96. The molecule has 2 rings (SSSR count). The summed E-state index contributed by atoms with van der Waals surface area (Å²) in [5.41, 5.74) is 0. The van der Waals surface area contributed by atoms with Crippen LogP contribution in [0, 0.1) is 0 Å². The minimum absolute atomic E-state index is 0.0713. The maximum Gasteiger partial charge on any atom is 0.330 e. The summed E-state index contributed by atoms with van der Waals surface area (Å²) in [6, 6.07) is 0. The molecule has 0 saturated carbocycles. The Labute approximate surface area is 99.5 Å². The maximum atomic E-state index is 12.5. The van der Waals surface area contributed by atoms with Crippen LogP contribution in [0.2, 0.25) is 0 Å². The third-order valence-corrected chi connectivity index (χ3v) is 2.46. The van der Waals surface area contributed by atoms with Crippen LogP contribution in [0.4, 0.5) is 17.6 Å². The SMILES string of the molecule is FC(F)C(F)(F)COCc1noc(C2CNC2)n1. The van der Waals surface area contributed by atoms with Gasteiger partial charge in [0, 0.05) is 13.1 Å². The van der Waals surface area contributed by atoms with Crippen molar-refractivity contribution in [3.63, 3.8) is 0 Å². The molecule has 0 spiro atoms. The molecule has 0 amide bonds. The van der Waals surface area contributed by atoms with Gasteiger partial charge in [-0.25, -0.2) is 8.78 Å². The summed E-state index contributed by atoms with van der Waals surface area (Å²) in [6.07, 6.45) is -3.75. The summed E-state index contributed by atoms with van der Waals surface area (Å²) < 4.78 is 58.0. The van der Waals surface area contributed by atoms with E-state index in [1.165, 1.54) is 0 Å². The van der Waals surface area contributed by atoms with Crippen molar-refractivity contribution in [1.29, 1.82) is 0 Å². The lowest BCUT2D eigenvalue weighted by atomic mass is 10.0. The second kappa shape index (κ2) is 5.19. The number of hydrogen-bond donors (Lipinski definition) is 1. The van der Waals surface area contributed by atoms with Gasteiger partial charge in [-0.15, -0.1) is 0 Å². The molecule has 1 aromatic heterocycles. The fourth-order valence-electron chi connectivity index (χ4n) is 1.30. The van der Waals surface area contributed by atoms with Gasteiger partial charge in [0.2, 0.25) is 5.89 Å². The summed E-state index contributed by atoms with van der Waals surface area (Å²) in [7, 11) is 0. The molecule has 0 atom stereocenters. The number of alkyl halides is 4. The molecular weight excluding hydrogens is 258 g/mol. The molecule has 0 bridgehead atoms. The summed E-state index contributed by atoms with van der Waals surface area (Å²) >= 11 is 0. The topological polar surface area (TPSA) is 60.2 Å². The molecular formula is C9H11F4N3O2. The van der Waals surface area contributed by atoms with E-state index in [0.29, 0.717) is 19.0 Å². The van der Waals surface area contributed by atoms with Gasteiger partial charge in [-0.3, -0.25) is 0 Å². The van der Waals surface area contributed by atoms with Crippen LogP contribution < -0.4 is 5.32 Å². The Morgan fingerprint density at radius 3 is 2.72 bits per heavy atom. The molecule has 5 nitrogen and oxygen atoms in total. The van der Waals surface area contributed by atoms with E-state index in [1.807, 2.05) is 0 Å². The van der Waals surface area contributed by atoms with Gasteiger partial charge in [0.1, 0.15) is 13.2 Å². The van der Waals surface area contributed by atoms with Gasteiger partial charge in [-0.05, 0) is 0 Å². The first-order chi connectivity index (χ1) is 8.49. The highest BCUT2D eigenvalue weighted by atomic mass is 19.3. The van der Waals surface area contributed by atoms with E-state index in [1.54, 1.807) is 0 Å². The molecule has 0 aliphatic carbocycles. The number of halogens is 4. The Hall–Kier alpha value is -1.22. The average Bonchev–Trinajstić information content (AvgIpc) is 2.63. The van der Waals surface area contributed by atoms with Gasteiger partial charge in [-0.1, -0.05) is 5.16 Å². The highest BCUT2D eigenvalue weighted by molar-refractivity contribution is 5.00. The van der Waals surface area contributed by atoms with E-state index in [4.69, 9.17) is 4.52 Å². The molecule has 1 aliphatic heterocycles. The molecule has 0 unspecified atom stereocenters. The fraction of sp³-hybridized carbons (Fsp3) is 0.778. The molecule has 2 heterocycles. The number of hydrogen-bond acceptors (Lipinski definition) is 5. The normalized spacial score (nSPS) is 17.2. The van der Waals surface area contributed by atoms with E-state index in [9.17, 15) is 17.6 Å². The van der Waals surface area contributed by atoms with Gasteiger partial charge in [0.25, 0.3) is 0 Å². The zero-order chi connectivity index (χ0) is 13.2. The Morgan fingerprint density at radius 1 is 1.44 bits per heavy atom. The number of aromatic nitrogens is 2. The van der Waals surface area contributed by atoms with Gasteiger partial charge >= 0.3 is 12.3 Å². The zero-order valence-electron chi connectivity index (χ0n) is 9.21. The zero-order valence-corrected chi connectivity index (χ0v) is 9.21. The molecule has 1 aromatic rings. The van der Waals surface area contributed by atoms with Crippen molar-refractivity contribution in [3.05, 3.63) is 11.7 Å². The number of nitrogens with zero attached hydrogens (tertiary/aromatic N) is 2. The Balaban J connectivity index is 1.78. The monoisotopic (exact) mass is 269 g/mol. The van der Waals surface area contributed by atoms with Crippen LogP contribution in [0.5, 0.6) is 0 Å². The molecule has 18 heavy (non-hydrogen) atoms. The van der Waals surface area contributed by atoms with Crippen molar-refractivity contribution in [2.75, 3.05) is 19.7 Å². The average molecular weight is 269 g/mol. The first-order valence-corrected chi connectivity index (χ1v) is 5.26. The molecule has 1 aliphatic rings. The fourth-order valence-corrected chi connectivity index (χ4v) is 1.30. The summed E-state index contributed by atoms with van der Waals surface area (Å²) in [4.78, 5) is 3.92. The number of nitrogens with one attached hydrogen (secondary N) is 1. The number of ether oxygens (including phenoxy) is 1. The largest absolute Gasteiger partial charge is 0.367 e. The van der Waals surface area contributed by atoms with Crippen LogP contribution in [0.3, 0.4) is 0 Å². The number of rotatable bonds is 6. The van der Waals surface area contributed by atoms with Gasteiger partial charge in [0.05, 0.1) is 5.92 Å². The highest BCUT2D eigenvalue weighted by Crippen LogP contribution is 2.23. The van der Waals surface area contributed by atoms with Crippen molar-refractivity contribution >= 4 is 0 Å². The standard InChI is InChI=1S/C9H11F4N3O2/c10-8(11)9(12,13)4-17-3-6-15-7(18-16-6)5-1-14-2-5/h5,8,14H,1-4H2. The van der Waals surface area contributed by atoms with Crippen LogP contribution in [0.15, 0.2) is 4.52 Å². The molecule has 9 heteroatoms. The first kappa shape index (κ1) is 13.2. The van der Waals surface area contributed by atoms with Gasteiger partial charge < -0.3 is 14.6 Å². The van der Waals surface area contributed by atoms with Crippen molar-refractivity contribution in [2.45, 2.75) is 24.9 Å². The molecule has 1 saturated heterocycles. The van der Waals surface area contributed by atoms with Crippen LogP contribution >= 0.6 is 0 Å². The molecule has 0 aromatic carbocycles. The smallest absolute Gasteiger partial charge is 0.330 e. The van der Waals surface area contributed by atoms with E-state index >= 15 is 0 Å². The predicted molar refractivity (Wildman–Crippen MR) is 50.5 cm³/mol. The molecule has 0 radical (unpaired) electrons. The van der Waals surface area contributed by atoms with Crippen molar-refractivity contribution in [2.24, 2.45) is 0 Å². The van der Waals surface area contributed by atoms with E-state index < -0.39 is 19.0 Å². The van der Waals surface area contributed by atoms with Crippen molar-refractivity contribution in [1.82, 2.24) is 15.5 Å². The van der Waals surface area contributed by atoms with Gasteiger partial charge in [-0.2, -0.15) is 13.8 Å². The molecule has 102 valence electrons. The lowest BCUT2D eigenvalue weighted by Gasteiger charge is -2.22. The third kappa shape index (κ3) is 2.96. The van der Waals surface area contributed by atoms with Crippen molar-refractivity contribution < 1.29 is 26.8 Å². The maximum absolute atomic E-state index is 12.5. The van der Waals surface area contributed by atoms with Crippen molar-refractivity contribution in [3.8, 4) is 0 Å². The lowest BCUT2D eigenvalue weighted by molar-refractivity contribution is -0.168. The third-order valence-electron chi connectivity index (χ3n) is 2.46. The molecule has 1 fully saturated rings. The quantitative estimate of drug-likeness (QED) is 0.786. The lowest BCUT2D eigenvalue weighted by Crippen LogP contribution is -2.40. The minimum atomic E-state index is -4.16. The van der Waals surface area contributed by atoms with Crippen LogP contribution in [0.25, 0.3) is 0 Å². The molecule has 1 N–H and O–H groups in total. The van der Waals surface area contributed by atoms with Crippen LogP contribution in [0.1, 0.15) is 17.6 Å². The Bertz CT molecular complexity index is 395. The highest BCUT2D eigenvalue weighted by Gasteiger charge is 2.41. The minimum Gasteiger partial charge on any atom is -0.367 e. The van der Waals surface area contributed by atoms with E-state index in [-0.39, 0.29) is 18.3 Å². The van der Waals surface area contributed by atoms with E-state index in [2.05, 4.69) is 20.2 Å². The van der Waals surface area contributed by atoms with E-state index in [0.717, 1.165) is 0 Å². The summed E-state index contributed by atoms with van der Waals surface area (Å²) in [5.74, 6) is -3.58. The summed E-state index contributed by atoms with van der Waals surface area (Å²) in [6.45, 7) is -0.330. The second-order valence-electron chi connectivity index (χ2n) is 3.96.